The Hall–Kier alpha value is -2.30. The van der Waals surface area contributed by atoms with Gasteiger partial charge in [-0.05, 0) is 61.6 Å². The van der Waals surface area contributed by atoms with Gasteiger partial charge >= 0.3 is 0 Å². The fraction of sp³-hybridized carbons (Fsp3) is 0.481. The van der Waals surface area contributed by atoms with Crippen molar-refractivity contribution in [3.05, 3.63) is 65.8 Å². The van der Waals surface area contributed by atoms with Crippen LogP contribution in [0.4, 0.5) is 17.6 Å². The Balaban J connectivity index is 1.74. The molecule has 1 fully saturated rings. The lowest BCUT2D eigenvalue weighted by Crippen LogP contribution is -2.13. The molecule has 0 bridgehead atoms. The standard InChI is InChI=1S/C27H32F4O/c1-3-5-6-7-8-17-32-23-16-15-22(26(30)27(23)31)21-14-13-20(24(28)25(21)29)19-11-9-18(4-2)10-12-19/h4,13-16,18-19H,2-3,5-12,17H2,1H3. The van der Waals surface area contributed by atoms with Gasteiger partial charge in [0.25, 0.3) is 0 Å². The molecule has 0 N–H and O–H groups in total. The van der Waals surface area contributed by atoms with Crippen molar-refractivity contribution < 1.29 is 22.3 Å². The predicted octanol–water partition coefficient (Wildman–Crippen LogP) is 8.72. The summed E-state index contributed by atoms with van der Waals surface area (Å²) >= 11 is 0. The lowest BCUT2D eigenvalue weighted by molar-refractivity contribution is 0.285. The van der Waals surface area contributed by atoms with Gasteiger partial charge in [-0.25, -0.2) is 13.2 Å². The number of allylic oxidation sites excluding steroid dienone is 1. The molecule has 2 aromatic carbocycles. The van der Waals surface area contributed by atoms with Gasteiger partial charge in [-0.3, -0.25) is 0 Å². The smallest absolute Gasteiger partial charge is 0.201 e. The second-order valence-electron chi connectivity index (χ2n) is 8.68. The third-order valence-corrected chi connectivity index (χ3v) is 6.50. The Morgan fingerprint density at radius 1 is 0.812 bits per heavy atom. The van der Waals surface area contributed by atoms with Crippen LogP contribution >= 0.6 is 0 Å². The van der Waals surface area contributed by atoms with Crippen LogP contribution in [0.5, 0.6) is 5.75 Å². The molecule has 2 aromatic rings. The van der Waals surface area contributed by atoms with Crippen molar-refractivity contribution in [1.29, 1.82) is 0 Å². The average Bonchev–Trinajstić information content (AvgIpc) is 2.81. The van der Waals surface area contributed by atoms with E-state index >= 15 is 0 Å². The fourth-order valence-electron chi connectivity index (χ4n) is 4.49. The number of benzene rings is 2. The monoisotopic (exact) mass is 448 g/mol. The largest absolute Gasteiger partial charge is 0.490 e. The second kappa shape index (κ2) is 11.5. The maximum absolute atomic E-state index is 14.9. The molecule has 32 heavy (non-hydrogen) atoms. The van der Waals surface area contributed by atoms with Gasteiger partial charge in [0.2, 0.25) is 5.82 Å². The first-order valence-corrected chi connectivity index (χ1v) is 11.7. The maximum atomic E-state index is 14.9. The number of hydrogen-bond donors (Lipinski definition) is 0. The van der Waals surface area contributed by atoms with Crippen LogP contribution in [0, 0.1) is 29.2 Å². The summed E-state index contributed by atoms with van der Waals surface area (Å²) in [5.41, 5.74) is -0.290. The second-order valence-corrected chi connectivity index (χ2v) is 8.68. The summed E-state index contributed by atoms with van der Waals surface area (Å²) in [6, 6.07) is 5.38. The minimum absolute atomic E-state index is 0.0792. The number of rotatable bonds is 10. The Bertz CT molecular complexity index is 916. The van der Waals surface area contributed by atoms with E-state index in [0.29, 0.717) is 11.5 Å². The van der Waals surface area contributed by atoms with Crippen molar-refractivity contribution in [3.63, 3.8) is 0 Å². The SMILES string of the molecule is C=CC1CCC(c2ccc(-c3ccc(OCCCCCCC)c(F)c3F)c(F)c2F)CC1. The molecule has 0 atom stereocenters. The summed E-state index contributed by atoms with van der Waals surface area (Å²) in [7, 11) is 0. The summed E-state index contributed by atoms with van der Waals surface area (Å²) in [6.45, 7) is 6.20. The highest BCUT2D eigenvalue weighted by Gasteiger charge is 2.27. The fourth-order valence-corrected chi connectivity index (χ4v) is 4.49. The van der Waals surface area contributed by atoms with Gasteiger partial charge in [0.1, 0.15) is 0 Å². The maximum Gasteiger partial charge on any atom is 0.201 e. The molecular weight excluding hydrogens is 416 g/mol. The molecule has 0 saturated heterocycles. The van der Waals surface area contributed by atoms with Crippen LogP contribution in [-0.4, -0.2) is 6.61 Å². The van der Waals surface area contributed by atoms with E-state index in [1.807, 2.05) is 6.08 Å². The van der Waals surface area contributed by atoms with Crippen LogP contribution in [0.3, 0.4) is 0 Å². The molecule has 0 spiro atoms. The summed E-state index contributed by atoms with van der Waals surface area (Å²) in [6.07, 6.45) is 10.2. The Kier molecular flexibility index (Phi) is 8.77. The van der Waals surface area contributed by atoms with Crippen molar-refractivity contribution in [2.45, 2.75) is 70.6 Å². The summed E-state index contributed by atoms with van der Waals surface area (Å²) in [5.74, 6) is -4.41. The Morgan fingerprint density at radius 3 is 2.09 bits per heavy atom. The van der Waals surface area contributed by atoms with Crippen LogP contribution in [-0.2, 0) is 0 Å². The molecule has 0 unspecified atom stereocenters. The molecule has 5 heteroatoms. The molecular formula is C27H32F4O. The highest BCUT2D eigenvalue weighted by molar-refractivity contribution is 5.66. The van der Waals surface area contributed by atoms with Crippen molar-refractivity contribution in [1.82, 2.24) is 0 Å². The molecule has 0 aromatic heterocycles. The van der Waals surface area contributed by atoms with E-state index in [-0.39, 0.29) is 29.4 Å². The van der Waals surface area contributed by atoms with E-state index < -0.39 is 23.3 Å². The summed E-state index contributed by atoms with van der Waals surface area (Å²) in [4.78, 5) is 0. The zero-order chi connectivity index (χ0) is 23.1. The van der Waals surface area contributed by atoms with Crippen molar-refractivity contribution >= 4 is 0 Å². The molecule has 0 amide bonds. The van der Waals surface area contributed by atoms with E-state index in [4.69, 9.17) is 4.74 Å². The lowest BCUT2D eigenvalue weighted by Gasteiger charge is -2.27. The third-order valence-electron chi connectivity index (χ3n) is 6.50. The van der Waals surface area contributed by atoms with Crippen LogP contribution in [0.1, 0.15) is 76.2 Å². The molecule has 1 aliphatic carbocycles. The van der Waals surface area contributed by atoms with E-state index in [2.05, 4.69) is 13.5 Å². The first-order valence-electron chi connectivity index (χ1n) is 11.7. The van der Waals surface area contributed by atoms with Gasteiger partial charge in [-0.2, -0.15) is 4.39 Å². The number of unbranched alkanes of at least 4 members (excludes halogenated alkanes) is 4. The van der Waals surface area contributed by atoms with Crippen molar-refractivity contribution in [3.8, 4) is 16.9 Å². The van der Waals surface area contributed by atoms with Gasteiger partial charge in [0.05, 0.1) is 6.61 Å². The molecule has 0 aliphatic heterocycles. The summed E-state index contributed by atoms with van der Waals surface area (Å²) < 4.78 is 64.4. The highest BCUT2D eigenvalue weighted by Crippen LogP contribution is 2.40. The van der Waals surface area contributed by atoms with Gasteiger partial charge in [-0.1, -0.05) is 50.8 Å². The van der Waals surface area contributed by atoms with Crippen molar-refractivity contribution in [2.24, 2.45) is 5.92 Å². The Labute approximate surface area is 188 Å². The van der Waals surface area contributed by atoms with E-state index in [1.54, 1.807) is 0 Å². The van der Waals surface area contributed by atoms with Crippen LogP contribution < -0.4 is 4.74 Å². The van der Waals surface area contributed by atoms with Gasteiger partial charge in [-0.15, -0.1) is 6.58 Å². The number of halogens is 4. The molecule has 1 saturated carbocycles. The first-order chi connectivity index (χ1) is 15.5. The first kappa shape index (κ1) is 24.3. The van der Waals surface area contributed by atoms with Crippen molar-refractivity contribution in [2.75, 3.05) is 6.61 Å². The average molecular weight is 449 g/mol. The summed E-state index contributed by atoms with van der Waals surface area (Å²) in [5, 5.41) is 0. The molecule has 0 radical (unpaired) electrons. The lowest BCUT2D eigenvalue weighted by atomic mass is 9.78. The molecule has 174 valence electrons. The minimum Gasteiger partial charge on any atom is -0.490 e. The number of ether oxygens (including phenoxy) is 1. The topological polar surface area (TPSA) is 9.23 Å². The normalized spacial score (nSPS) is 18.5. The van der Waals surface area contributed by atoms with E-state index in [9.17, 15) is 17.6 Å². The predicted molar refractivity (Wildman–Crippen MR) is 121 cm³/mol. The van der Waals surface area contributed by atoms with Gasteiger partial charge < -0.3 is 4.74 Å². The van der Waals surface area contributed by atoms with Gasteiger partial charge in [0.15, 0.2) is 23.2 Å². The Morgan fingerprint density at radius 2 is 1.44 bits per heavy atom. The van der Waals surface area contributed by atoms with Crippen LogP contribution in [0.25, 0.3) is 11.1 Å². The zero-order valence-corrected chi connectivity index (χ0v) is 18.7. The third kappa shape index (κ3) is 5.54. The van der Waals surface area contributed by atoms with E-state index in [0.717, 1.165) is 57.8 Å². The zero-order valence-electron chi connectivity index (χ0n) is 18.7. The van der Waals surface area contributed by atoms with E-state index in [1.165, 1.54) is 24.3 Å². The molecule has 0 heterocycles. The van der Waals surface area contributed by atoms with Crippen LogP contribution in [0.15, 0.2) is 36.9 Å². The molecule has 1 nitrogen and oxygen atoms in total. The van der Waals surface area contributed by atoms with Gasteiger partial charge in [0, 0.05) is 11.1 Å². The minimum atomic E-state index is -1.23. The molecule has 1 aliphatic rings. The highest BCUT2D eigenvalue weighted by atomic mass is 19.2. The quantitative estimate of drug-likeness (QED) is 0.201. The van der Waals surface area contributed by atoms with Crippen LogP contribution in [0.2, 0.25) is 0 Å². The molecule has 3 rings (SSSR count). The number of hydrogen-bond acceptors (Lipinski definition) is 1.